The van der Waals surface area contributed by atoms with E-state index in [0.717, 1.165) is 0 Å². The summed E-state index contributed by atoms with van der Waals surface area (Å²) in [6.45, 7) is 0. The summed E-state index contributed by atoms with van der Waals surface area (Å²) in [4.78, 5) is 24.1. The fourth-order valence-corrected chi connectivity index (χ4v) is 6.70. The number of halogens is 4. The monoisotopic (exact) mass is 526 g/mol. The van der Waals surface area contributed by atoms with Crippen LogP contribution < -0.4 is 0 Å². The van der Waals surface area contributed by atoms with E-state index in [1.165, 1.54) is 14.2 Å². The fraction of sp³-hybridized carbons (Fsp3) is 0.800. The van der Waals surface area contributed by atoms with Gasteiger partial charge in [0.05, 0.1) is 36.1 Å². The lowest BCUT2D eigenvalue weighted by atomic mass is 9.78. The third-order valence-corrected chi connectivity index (χ3v) is 9.60. The van der Waals surface area contributed by atoms with Gasteiger partial charge in [-0.1, -0.05) is 63.7 Å². The van der Waals surface area contributed by atoms with Crippen molar-refractivity contribution in [1.82, 2.24) is 0 Å². The van der Waals surface area contributed by atoms with Gasteiger partial charge in [0.1, 0.15) is 0 Å². The van der Waals surface area contributed by atoms with Crippen LogP contribution in [0.15, 0.2) is 0 Å². The zero-order chi connectivity index (χ0) is 14.6. The highest BCUT2D eigenvalue weighted by molar-refractivity contribution is 9.14. The molecule has 2 fully saturated rings. The van der Waals surface area contributed by atoms with Crippen molar-refractivity contribution in [3.8, 4) is 0 Å². The highest BCUT2D eigenvalue weighted by Crippen LogP contribution is 2.61. The first-order valence-electron chi connectivity index (χ1n) is 5.25. The van der Waals surface area contributed by atoms with Gasteiger partial charge in [0.25, 0.3) is 0 Å². The lowest BCUT2D eigenvalue weighted by molar-refractivity contribution is -0.152. The molecule has 0 saturated carbocycles. The number of carbonyl (C=O) groups is 2. The van der Waals surface area contributed by atoms with Crippen LogP contribution in [0.2, 0.25) is 0 Å². The molecule has 5 nitrogen and oxygen atoms in total. The van der Waals surface area contributed by atoms with Crippen LogP contribution in [0.5, 0.6) is 0 Å². The van der Waals surface area contributed by atoms with Crippen LogP contribution in [0.1, 0.15) is 0 Å². The Kier molecular flexibility index (Phi) is 4.45. The van der Waals surface area contributed by atoms with E-state index >= 15 is 0 Å². The van der Waals surface area contributed by atoms with Crippen molar-refractivity contribution in [2.24, 2.45) is 0 Å². The predicted molar refractivity (Wildman–Crippen MR) is 81.4 cm³/mol. The zero-order valence-electron chi connectivity index (χ0n) is 9.86. The number of rotatable bonds is 2. The number of hydrogen-bond donors (Lipinski definition) is 0. The summed E-state index contributed by atoms with van der Waals surface area (Å²) in [6, 6.07) is 0. The van der Waals surface area contributed by atoms with Crippen molar-refractivity contribution in [3.63, 3.8) is 0 Å². The van der Waals surface area contributed by atoms with Gasteiger partial charge in [-0.25, -0.2) is 0 Å². The number of fused-ring (bicyclic) bond motifs is 2. The van der Waals surface area contributed by atoms with Crippen molar-refractivity contribution < 1.29 is 23.8 Å². The normalized spacial score (nSPS) is 48.1. The molecular weight excluding hydrogens is 520 g/mol. The lowest BCUT2D eigenvalue weighted by Gasteiger charge is -2.42. The molecule has 2 aliphatic heterocycles. The molecule has 2 aliphatic rings. The molecule has 19 heavy (non-hydrogen) atoms. The van der Waals surface area contributed by atoms with Crippen LogP contribution in [-0.2, 0) is 23.8 Å². The molecule has 0 aliphatic carbocycles. The van der Waals surface area contributed by atoms with E-state index in [4.69, 9.17) is 14.2 Å². The van der Waals surface area contributed by atoms with Crippen LogP contribution in [-0.4, -0.2) is 56.7 Å². The van der Waals surface area contributed by atoms with Crippen LogP contribution in [0, 0.1) is 0 Å². The molecule has 108 valence electrons. The first-order chi connectivity index (χ1) is 8.76. The Bertz CT molecular complexity index is 394. The molecule has 0 aromatic rings. The molecule has 0 aromatic carbocycles. The molecule has 6 atom stereocenters. The molecule has 2 saturated heterocycles. The number of alkyl halides is 4. The third-order valence-electron chi connectivity index (χ3n) is 3.45. The van der Waals surface area contributed by atoms with Gasteiger partial charge in [-0.2, -0.15) is 0 Å². The second-order valence-electron chi connectivity index (χ2n) is 4.27. The highest BCUT2D eigenvalue weighted by atomic mass is 79.9. The van der Waals surface area contributed by atoms with Gasteiger partial charge in [-0.05, 0) is 0 Å². The highest BCUT2D eigenvalue weighted by Gasteiger charge is 2.80. The van der Waals surface area contributed by atoms with E-state index in [-0.39, 0.29) is 9.65 Å². The average Bonchev–Trinajstić information content (AvgIpc) is 2.83. The van der Waals surface area contributed by atoms with Gasteiger partial charge in [-0.3, -0.25) is 9.59 Å². The maximum absolute atomic E-state index is 12.2. The number of carbonyl (C=O) groups excluding carboxylic acids is 2. The van der Waals surface area contributed by atoms with Crippen molar-refractivity contribution in [2.45, 2.75) is 30.5 Å². The number of hydrogen-bond acceptors (Lipinski definition) is 5. The minimum atomic E-state index is -1.36. The maximum Gasteiger partial charge on any atom is 0.327 e. The zero-order valence-corrected chi connectivity index (χ0v) is 16.2. The van der Waals surface area contributed by atoms with Crippen LogP contribution >= 0.6 is 63.7 Å². The molecule has 0 aromatic heterocycles. The van der Waals surface area contributed by atoms with E-state index in [9.17, 15) is 9.59 Å². The Hall–Kier alpha value is 0.820. The predicted octanol–water partition coefficient (Wildman–Crippen LogP) is 1.91. The Labute approximate surface area is 143 Å². The van der Waals surface area contributed by atoms with Crippen LogP contribution in [0.25, 0.3) is 0 Å². The van der Waals surface area contributed by atoms with Gasteiger partial charge in [-0.15, -0.1) is 0 Å². The van der Waals surface area contributed by atoms with Gasteiger partial charge >= 0.3 is 11.9 Å². The molecule has 0 spiro atoms. The summed E-state index contributed by atoms with van der Waals surface area (Å²) in [6.07, 6.45) is -1.15. The Balaban J connectivity index is 2.56. The van der Waals surface area contributed by atoms with Crippen molar-refractivity contribution in [1.29, 1.82) is 0 Å². The smallest absolute Gasteiger partial charge is 0.327 e. The maximum atomic E-state index is 12.2. The largest absolute Gasteiger partial charge is 0.468 e. The molecule has 2 rings (SSSR count). The summed E-state index contributed by atoms with van der Waals surface area (Å²) in [7, 11) is 2.52. The summed E-state index contributed by atoms with van der Waals surface area (Å²) in [5.74, 6) is -1.18. The van der Waals surface area contributed by atoms with Crippen molar-refractivity contribution in [2.75, 3.05) is 14.2 Å². The standard InChI is InChI=1S/C10H10Br4O5/c1-17-7(15)9(13)5-3(11)4(12)6(19-5)10(9,14)8(16)18-2/h3-6H,1-2H3. The Morgan fingerprint density at radius 2 is 1.26 bits per heavy atom. The third kappa shape index (κ3) is 1.84. The van der Waals surface area contributed by atoms with E-state index in [2.05, 4.69) is 63.7 Å². The molecule has 2 heterocycles. The van der Waals surface area contributed by atoms with E-state index < -0.39 is 32.8 Å². The molecule has 0 N–H and O–H groups in total. The molecule has 0 radical (unpaired) electrons. The summed E-state index contributed by atoms with van der Waals surface area (Å²) < 4.78 is 12.7. The van der Waals surface area contributed by atoms with E-state index in [0.29, 0.717) is 0 Å². The van der Waals surface area contributed by atoms with E-state index in [1.807, 2.05) is 0 Å². The number of methoxy groups -OCH3 is 2. The molecule has 2 bridgehead atoms. The van der Waals surface area contributed by atoms with Crippen molar-refractivity contribution >= 4 is 75.7 Å². The molecule has 9 heteroatoms. The Morgan fingerprint density at radius 3 is 1.53 bits per heavy atom. The van der Waals surface area contributed by atoms with Crippen LogP contribution in [0.3, 0.4) is 0 Å². The van der Waals surface area contributed by atoms with Gasteiger partial charge in [0.2, 0.25) is 0 Å². The van der Waals surface area contributed by atoms with Crippen LogP contribution in [0.4, 0.5) is 0 Å². The minimum Gasteiger partial charge on any atom is -0.468 e. The first kappa shape index (κ1) is 16.2. The summed E-state index contributed by atoms with van der Waals surface area (Å²) in [5, 5.41) is 0. The fourth-order valence-electron chi connectivity index (χ4n) is 2.51. The first-order valence-corrected chi connectivity index (χ1v) is 8.66. The quantitative estimate of drug-likeness (QED) is 0.404. The minimum absolute atomic E-state index is 0.147. The van der Waals surface area contributed by atoms with E-state index in [1.54, 1.807) is 0 Å². The van der Waals surface area contributed by atoms with Gasteiger partial charge in [0.15, 0.2) is 8.65 Å². The second kappa shape index (κ2) is 5.23. The second-order valence-corrected chi connectivity index (χ2v) is 8.89. The number of esters is 2. The molecule has 0 amide bonds. The SMILES string of the molecule is COC(=O)C1(Br)C2OC(C(Br)C2Br)C1(Br)C(=O)OC. The topological polar surface area (TPSA) is 61.8 Å². The molecule has 6 unspecified atom stereocenters. The molecular formula is C10H10Br4O5. The summed E-state index contributed by atoms with van der Waals surface area (Å²) in [5.41, 5.74) is 0. The van der Waals surface area contributed by atoms with Crippen molar-refractivity contribution in [3.05, 3.63) is 0 Å². The van der Waals surface area contributed by atoms with Gasteiger partial charge in [0, 0.05) is 0 Å². The Morgan fingerprint density at radius 1 is 0.947 bits per heavy atom. The number of ether oxygens (including phenoxy) is 3. The van der Waals surface area contributed by atoms with Gasteiger partial charge < -0.3 is 14.2 Å². The average molecular weight is 530 g/mol. The lowest BCUT2D eigenvalue weighted by Crippen LogP contribution is -2.67. The summed E-state index contributed by atoms with van der Waals surface area (Å²) >= 11 is 13.7.